The average Bonchev–Trinajstić information content (AvgIpc) is 3.43. The Hall–Kier alpha value is -6.04. The largest absolute Gasteiger partial charge is 0.341 e. The third-order valence-corrected chi connectivity index (χ3v) is 17.0. The summed E-state index contributed by atoms with van der Waals surface area (Å²) in [6.45, 7) is 11.1. The molecule has 16 nitrogen and oxygen atoms in total. The van der Waals surface area contributed by atoms with E-state index in [2.05, 4.69) is 36.3 Å². The fourth-order valence-corrected chi connectivity index (χ4v) is 12.3. The lowest BCUT2D eigenvalue weighted by molar-refractivity contribution is -0.137. The number of hydrogen-bond donors (Lipinski definition) is 2. The van der Waals surface area contributed by atoms with Crippen LogP contribution in [0.2, 0.25) is 0 Å². The highest BCUT2D eigenvalue weighted by Gasteiger charge is 2.37. The first-order valence-electron chi connectivity index (χ1n) is 27.5. The van der Waals surface area contributed by atoms with Crippen molar-refractivity contribution >= 4 is 40.3 Å². The van der Waals surface area contributed by atoms with Crippen LogP contribution >= 0.6 is 0 Å². The summed E-state index contributed by atoms with van der Waals surface area (Å²) in [7, 11) is 0. The molecule has 1 saturated carbocycles. The number of rotatable bonds is 14. The number of piperazine rings is 2. The molecule has 0 radical (unpaired) electrons. The minimum atomic E-state index is -0.604. The third kappa shape index (κ3) is 12.2. The van der Waals surface area contributed by atoms with Crippen LogP contribution in [-0.2, 0) is 20.8 Å². The number of aromatic nitrogens is 2. The zero-order chi connectivity index (χ0) is 51.1. The Labute approximate surface area is 433 Å². The van der Waals surface area contributed by atoms with Crippen LogP contribution in [0.3, 0.4) is 0 Å². The summed E-state index contributed by atoms with van der Waals surface area (Å²) in [4.78, 5) is 95.2. The second kappa shape index (κ2) is 23.7. The first kappa shape index (κ1) is 51.4. The molecule has 6 fully saturated rings. The Balaban J connectivity index is 0.655. The molecule has 1 aliphatic carbocycles. The number of benzene rings is 3. The quantitative estimate of drug-likeness (QED) is 0.183. The van der Waals surface area contributed by atoms with E-state index in [1.54, 1.807) is 29.2 Å². The second-order valence-electron chi connectivity index (χ2n) is 21.8. The number of piperidine rings is 2. The summed E-state index contributed by atoms with van der Waals surface area (Å²) >= 11 is 0. The van der Waals surface area contributed by atoms with Crippen LogP contribution in [0.4, 0.5) is 4.39 Å². The van der Waals surface area contributed by atoms with Crippen LogP contribution in [-0.4, -0.2) is 191 Å². The van der Waals surface area contributed by atoms with Crippen molar-refractivity contribution in [1.82, 2.24) is 49.8 Å². The van der Waals surface area contributed by atoms with E-state index >= 15 is 4.39 Å². The number of fused-ring (bicyclic) bond motifs is 1. The van der Waals surface area contributed by atoms with Gasteiger partial charge in [-0.1, -0.05) is 55.7 Å². The number of aromatic amines is 1. The summed E-state index contributed by atoms with van der Waals surface area (Å²) in [6, 6.07) is 18.9. The number of hydrogen-bond acceptors (Lipinski definition) is 10. The molecule has 5 amide bonds. The molecule has 6 heterocycles. The Bertz CT molecular complexity index is 2720. The van der Waals surface area contributed by atoms with Gasteiger partial charge in [-0.15, -0.1) is 0 Å². The highest BCUT2D eigenvalue weighted by molar-refractivity contribution is 5.98. The Morgan fingerprint density at radius 1 is 0.635 bits per heavy atom. The highest BCUT2D eigenvalue weighted by atomic mass is 19.1. The van der Waals surface area contributed by atoms with Crippen LogP contribution in [0, 0.1) is 17.7 Å². The van der Waals surface area contributed by atoms with Crippen molar-refractivity contribution in [3.8, 4) is 0 Å². The van der Waals surface area contributed by atoms with Crippen molar-refractivity contribution in [2.45, 2.75) is 82.6 Å². The number of amides is 5. The predicted molar refractivity (Wildman–Crippen MR) is 280 cm³/mol. The van der Waals surface area contributed by atoms with E-state index in [0.717, 1.165) is 122 Å². The van der Waals surface area contributed by atoms with Crippen LogP contribution in [0.1, 0.15) is 108 Å². The number of carbonyl (C=O) groups excluding carboxylic acids is 5. The maximum absolute atomic E-state index is 15.1. The van der Waals surface area contributed by atoms with Gasteiger partial charge in [-0.25, -0.2) is 9.49 Å². The lowest BCUT2D eigenvalue weighted by atomic mass is 9.83. The number of halogens is 1. The lowest BCUT2D eigenvalue weighted by Crippen LogP contribution is -2.57. The molecule has 17 heteroatoms. The minimum absolute atomic E-state index is 0.0210. The summed E-state index contributed by atoms with van der Waals surface area (Å²) < 4.78 is 15.1. The molecule has 6 aliphatic rings. The third-order valence-electron chi connectivity index (χ3n) is 17.0. The lowest BCUT2D eigenvalue weighted by Gasteiger charge is -2.41. The Morgan fingerprint density at radius 2 is 1.32 bits per heavy atom. The van der Waals surface area contributed by atoms with Crippen LogP contribution < -0.4 is 10.9 Å². The topological polar surface area (TPSA) is 166 Å². The van der Waals surface area contributed by atoms with E-state index in [4.69, 9.17) is 0 Å². The van der Waals surface area contributed by atoms with E-state index < -0.39 is 17.8 Å². The summed E-state index contributed by atoms with van der Waals surface area (Å²) in [5.74, 6) is -0.170. The SMILES string of the molecule is O=C(NC(C(=O)N1CCN(CC2CCN(CC(=O)N3CCN(C(=O)c4cc(Cc5n[nH]c(=O)c6ccccc56)ccc4F)CC3)CC2)CC1)C1CCCCC1)c1cccc(C2CCCN(C(=O)CN3CCC3)C2)c1. The molecular formula is C57H73FN10O6. The number of likely N-dealkylation sites (tertiary alicyclic amines) is 3. The smallest absolute Gasteiger partial charge is 0.272 e. The van der Waals surface area contributed by atoms with Crippen LogP contribution in [0.25, 0.3) is 10.8 Å². The molecule has 2 unspecified atom stereocenters. The molecule has 5 saturated heterocycles. The normalized spacial score (nSPS) is 21.3. The Morgan fingerprint density at radius 3 is 2.05 bits per heavy atom. The first-order valence-corrected chi connectivity index (χ1v) is 27.5. The van der Waals surface area contributed by atoms with E-state index in [-0.39, 0.29) is 46.6 Å². The van der Waals surface area contributed by atoms with Crippen molar-refractivity contribution in [3.05, 3.63) is 111 Å². The average molecular weight is 1010 g/mol. The van der Waals surface area contributed by atoms with Crippen molar-refractivity contribution in [2.24, 2.45) is 11.8 Å². The molecule has 1 aromatic heterocycles. The van der Waals surface area contributed by atoms with Gasteiger partial charge >= 0.3 is 0 Å². The zero-order valence-electron chi connectivity index (χ0n) is 42.9. The number of H-pyrrole nitrogens is 1. The Kier molecular flexibility index (Phi) is 16.5. The van der Waals surface area contributed by atoms with Gasteiger partial charge < -0.3 is 24.9 Å². The van der Waals surface area contributed by atoms with Crippen molar-refractivity contribution in [1.29, 1.82) is 0 Å². The molecule has 4 aromatic rings. The van der Waals surface area contributed by atoms with Crippen LogP contribution in [0.5, 0.6) is 0 Å². The molecule has 2 N–H and O–H groups in total. The molecule has 2 atom stereocenters. The van der Waals surface area contributed by atoms with Crippen molar-refractivity contribution < 1.29 is 28.4 Å². The molecule has 74 heavy (non-hydrogen) atoms. The van der Waals surface area contributed by atoms with E-state index in [0.29, 0.717) is 98.8 Å². The van der Waals surface area contributed by atoms with Crippen molar-refractivity contribution in [3.63, 3.8) is 0 Å². The number of carbonyl (C=O) groups is 5. The van der Waals surface area contributed by atoms with Gasteiger partial charge in [-0.3, -0.25) is 43.5 Å². The monoisotopic (exact) mass is 1010 g/mol. The zero-order valence-corrected chi connectivity index (χ0v) is 42.9. The standard InChI is InChI=1S/C57H73FN10O6/c58-49-17-16-41(34-50-46-14-4-5-15-47(46)55(72)61-60-50)33-48(49)56(73)66-31-29-65(30-32-66)51(69)38-63-23-18-40(19-24-63)36-64-25-27-67(28-26-64)57(74)53(42-9-2-1-3-10-42)59-54(71)44-12-6-11-43(35-44)45-13-7-22-68(37-45)52(70)39-62-20-8-21-62/h4-6,11-12,14-17,33,35,40,42,45,53H,1-3,7-10,13,18-32,34,36-39H2,(H,59,71)(H,61,72). The minimum Gasteiger partial charge on any atom is -0.341 e. The molecule has 3 aromatic carbocycles. The van der Waals surface area contributed by atoms with Crippen LogP contribution in [0.15, 0.2) is 71.5 Å². The van der Waals surface area contributed by atoms with E-state index in [1.165, 1.54) is 6.07 Å². The van der Waals surface area contributed by atoms with Gasteiger partial charge in [0.25, 0.3) is 17.4 Å². The van der Waals surface area contributed by atoms with Gasteiger partial charge in [0.15, 0.2) is 0 Å². The fraction of sp³-hybridized carbons (Fsp3) is 0.561. The molecule has 0 bridgehead atoms. The maximum Gasteiger partial charge on any atom is 0.272 e. The van der Waals surface area contributed by atoms with Gasteiger partial charge in [0.05, 0.1) is 29.7 Å². The summed E-state index contributed by atoms with van der Waals surface area (Å²) in [5, 5.41) is 11.3. The first-order chi connectivity index (χ1) is 36.0. The van der Waals surface area contributed by atoms with Gasteiger partial charge in [-0.2, -0.15) is 5.10 Å². The maximum atomic E-state index is 15.1. The number of nitrogens with one attached hydrogen (secondary N) is 2. The van der Waals surface area contributed by atoms with Gasteiger partial charge in [-0.05, 0) is 124 Å². The van der Waals surface area contributed by atoms with Gasteiger partial charge in [0.1, 0.15) is 11.9 Å². The molecular weight excluding hydrogens is 940 g/mol. The molecule has 5 aliphatic heterocycles. The highest BCUT2D eigenvalue weighted by Crippen LogP contribution is 2.31. The molecule has 394 valence electrons. The molecule has 0 spiro atoms. The summed E-state index contributed by atoms with van der Waals surface area (Å²) in [5.41, 5.74) is 2.66. The summed E-state index contributed by atoms with van der Waals surface area (Å²) in [6.07, 6.45) is 10.5. The van der Waals surface area contributed by atoms with Crippen molar-refractivity contribution in [2.75, 3.05) is 111 Å². The second-order valence-corrected chi connectivity index (χ2v) is 21.8. The predicted octanol–water partition coefficient (Wildman–Crippen LogP) is 4.58. The van der Waals surface area contributed by atoms with E-state index in [1.807, 2.05) is 45.0 Å². The van der Waals surface area contributed by atoms with E-state index in [9.17, 15) is 28.8 Å². The van der Waals surface area contributed by atoms with Gasteiger partial charge in [0, 0.05) is 95.3 Å². The molecule has 10 rings (SSSR count). The fourth-order valence-electron chi connectivity index (χ4n) is 12.3. The van der Waals surface area contributed by atoms with Gasteiger partial charge in [0.2, 0.25) is 17.7 Å². The number of nitrogens with zero attached hydrogens (tertiary/aromatic N) is 8.